The van der Waals surface area contributed by atoms with Gasteiger partial charge in [0.05, 0.1) is 22.9 Å². The maximum Gasteiger partial charge on any atom is 0.631 e. The van der Waals surface area contributed by atoms with Crippen molar-refractivity contribution in [3.8, 4) is 11.8 Å². The van der Waals surface area contributed by atoms with Crippen LogP contribution in [0.2, 0.25) is 0 Å². The van der Waals surface area contributed by atoms with Crippen molar-refractivity contribution in [3.05, 3.63) is 64.2 Å². The summed E-state index contributed by atoms with van der Waals surface area (Å²) >= 11 is 0. The van der Waals surface area contributed by atoms with Gasteiger partial charge in [-0.05, 0) is 48.2 Å². The Morgan fingerprint density at radius 1 is 1.07 bits per heavy atom. The van der Waals surface area contributed by atoms with Crippen LogP contribution in [-0.4, -0.2) is 79.7 Å². The highest BCUT2D eigenvalue weighted by Gasteiger charge is 2.41. The second-order valence-corrected chi connectivity index (χ2v) is 14.6. The molecule has 1 N–H and O–H groups in total. The molecule has 2 aromatic rings. The number of unbranched alkanes of at least 4 members (excludes halogenated alkanes) is 3. The number of non-ortho nitro benzene ring substituents is 1. The van der Waals surface area contributed by atoms with E-state index in [9.17, 15) is 28.1 Å². The SMILES string of the molecule is CN1CC(=O)OB(C(C#CCCCCCO[SiH2]c2ccccc2C(C)(C)C)NS(=O)(=O)c2ccc([N+](=O)[O-])cc2)OC(=O)C1. The summed E-state index contributed by atoms with van der Waals surface area (Å²) in [6, 6.07) is 12.6. The van der Waals surface area contributed by atoms with E-state index in [0.717, 1.165) is 37.1 Å². The van der Waals surface area contributed by atoms with E-state index in [4.69, 9.17) is 13.7 Å². The first-order chi connectivity index (χ1) is 20.8. The Morgan fingerprint density at radius 3 is 2.32 bits per heavy atom. The summed E-state index contributed by atoms with van der Waals surface area (Å²) in [4.78, 5) is 36.1. The van der Waals surface area contributed by atoms with Crippen molar-refractivity contribution in [1.29, 1.82) is 0 Å². The lowest BCUT2D eigenvalue weighted by Crippen LogP contribution is -2.53. The zero-order chi connectivity index (χ0) is 32.3. The minimum atomic E-state index is -4.29. The zero-order valence-electron chi connectivity index (χ0n) is 25.4. The van der Waals surface area contributed by atoms with Crippen LogP contribution in [0.5, 0.6) is 0 Å². The van der Waals surface area contributed by atoms with Crippen LogP contribution in [0.15, 0.2) is 53.4 Å². The van der Waals surface area contributed by atoms with Gasteiger partial charge in [-0.2, -0.15) is 4.72 Å². The second kappa shape index (κ2) is 16.0. The largest absolute Gasteiger partial charge is 0.631 e. The van der Waals surface area contributed by atoms with Crippen LogP contribution in [0.4, 0.5) is 5.69 Å². The third kappa shape index (κ3) is 10.9. The Labute approximate surface area is 261 Å². The van der Waals surface area contributed by atoms with Gasteiger partial charge in [0.25, 0.3) is 5.69 Å². The van der Waals surface area contributed by atoms with Gasteiger partial charge >= 0.3 is 19.1 Å². The molecule has 15 heteroatoms. The number of sulfonamides is 1. The fourth-order valence-corrected chi connectivity index (χ4v) is 7.20. The highest BCUT2D eigenvalue weighted by molar-refractivity contribution is 7.89. The Kier molecular flexibility index (Phi) is 12.7. The number of hydrogen-bond acceptors (Lipinski definition) is 10. The predicted octanol–water partition coefficient (Wildman–Crippen LogP) is 1.59. The molecule has 12 nitrogen and oxygen atoms in total. The first-order valence-electron chi connectivity index (χ1n) is 14.2. The van der Waals surface area contributed by atoms with Crippen molar-refractivity contribution in [1.82, 2.24) is 9.62 Å². The number of nitro groups is 1. The average Bonchev–Trinajstić information content (AvgIpc) is 2.94. The van der Waals surface area contributed by atoms with Gasteiger partial charge in [-0.15, -0.1) is 5.92 Å². The Bertz CT molecular complexity index is 1470. The molecule has 1 aliphatic heterocycles. The summed E-state index contributed by atoms with van der Waals surface area (Å²) in [5.74, 6) is 2.80. The summed E-state index contributed by atoms with van der Waals surface area (Å²) in [7, 11) is -5.24. The maximum atomic E-state index is 13.1. The van der Waals surface area contributed by atoms with Crippen molar-refractivity contribution in [2.75, 3.05) is 26.7 Å². The lowest BCUT2D eigenvalue weighted by molar-refractivity contribution is -0.384. The number of nitro benzene ring substituents is 1. The molecule has 0 amide bonds. The van der Waals surface area contributed by atoms with Gasteiger partial charge in [-0.3, -0.25) is 24.6 Å². The topological polar surface area (TPSA) is 154 Å². The number of rotatable bonds is 12. The first-order valence-corrected chi connectivity index (χ1v) is 17.0. The van der Waals surface area contributed by atoms with E-state index in [-0.39, 0.29) is 29.1 Å². The molecule has 0 saturated carbocycles. The van der Waals surface area contributed by atoms with E-state index < -0.39 is 49.7 Å². The van der Waals surface area contributed by atoms with Gasteiger partial charge in [0, 0.05) is 25.2 Å². The number of likely N-dealkylation sites (N-methyl/N-ethyl adjacent to an activating group) is 1. The van der Waals surface area contributed by atoms with Crippen molar-refractivity contribution in [3.63, 3.8) is 0 Å². The molecule has 3 rings (SSSR count). The molecule has 0 aromatic heterocycles. The van der Waals surface area contributed by atoms with Crippen molar-refractivity contribution < 1.29 is 36.7 Å². The molecule has 1 atom stereocenters. The van der Waals surface area contributed by atoms with Gasteiger partial charge in [0.15, 0.2) is 9.76 Å². The summed E-state index contributed by atoms with van der Waals surface area (Å²) in [5.41, 5.74) is 1.09. The fraction of sp³-hybridized carbons (Fsp3) is 0.448. The molecular weight excluding hydrogens is 605 g/mol. The summed E-state index contributed by atoms with van der Waals surface area (Å²) < 4.78 is 45.1. The quantitative estimate of drug-likeness (QED) is 0.119. The van der Waals surface area contributed by atoms with Crippen LogP contribution < -0.4 is 9.91 Å². The lowest BCUT2D eigenvalue weighted by atomic mass is 9.78. The maximum absolute atomic E-state index is 13.1. The molecule has 1 saturated heterocycles. The molecule has 236 valence electrons. The molecule has 0 radical (unpaired) electrons. The highest BCUT2D eigenvalue weighted by Crippen LogP contribution is 2.20. The summed E-state index contributed by atoms with van der Waals surface area (Å²) in [6.45, 7) is 6.81. The highest BCUT2D eigenvalue weighted by atomic mass is 32.2. The molecule has 1 aliphatic rings. The standard InChI is InChI=1S/C29H38BN3O9SSi/c1-29(2,3)24-12-9-10-13-25(24)44-40-19-11-7-5-6-8-14-26(30-41-27(34)20-32(4)21-28(35)42-30)31-43(38,39)23-17-15-22(16-18-23)33(36)37/h9-10,12-13,15-18,26,31H,5-7,11,19-21,44H2,1-4H3. The first kappa shape index (κ1) is 34.9. The molecular formula is C29H38BN3O9SSi. The van der Waals surface area contributed by atoms with E-state index in [1.54, 1.807) is 0 Å². The smallest absolute Gasteiger partial charge is 0.497 e. The number of carbonyl (C=O) groups is 2. The molecule has 44 heavy (non-hydrogen) atoms. The van der Waals surface area contributed by atoms with Gasteiger partial charge in [0.2, 0.25) is 10.0 Å². The molecule has 1 fully saturated rings. The van der Waals surface area contributed by atoms with Crippen LogP contribution in [-0.2, 0) is 38.8 Å². The van der Waals surface area contributed by atoms with E-state index in [1.807, 2.05) is 6.07 Å². The summed E-state index contributed by atoms with van der Waals surface area (Å²) in [5, 5.41) is 12.3. The van der Waals surface area contributed by atoms with Crippen LogP contribution in [0.1, 0.15) is 52.0 Å². The fourth-order valence-electron chi connectivity index (χ4n) is 4.46. The van der Waals surface area contributed by atoms with Gasteiger partial charge in [-0.25, -0.2) is 8.42 Å². The van der Waals surface area contributed by atoms with Crippen LogP contribution in [0, 0.1) is 22.0 Å². The van der Waals surface area contributed by atoms with E-state index in [1.165, 1.54) is 22.7 Å². The van der Waals surface area contributed by atoms with Crippen LogP contribution >= 0.6 is 0 Å². The average molecular weight is 644 g/mol. The van der Waals surface area contributed by atoms with Crippen LogP contribution in [0.3, 0.4) is 0 Å². The van der Waals surface area contributed by atoms with E-state index in [0.29, 0.717) is 19.4 Å². The minimum Gasteiger partial charge on any atom is -0.497 e. The predicted molar refractivity (Wildman–Crippen MR) is 168 cm³/mol. The molecule has 0 bridgehead atoms. The van der Waals surface area contributed by atoms with E-state index in [2.05, 4.69) is 55.5 Å². The number of benzene rings is 2. The van der Waals surface area contributed by atoms with Crippen molar-refractivity contribution >= 4 is 49.7 Å². The molecule has 1 heterocycles. The Morgan fingerprint density at radius 2 is 1.70 bits per heavy atom. The molecule has 0 spiro atoms. The third-order valence-corrected chi connectivity index (χ3v) is 9.51. The normalized spacial score (nSPS) is 15.6. The van der Waals surface area contributed by atoms with E-state index >= 15 is 0 Å². The van der Waals surface area contributed by atoms with Gasteiger partial charge in [-0.1, -0.05) is 57.4 Å². The second-order valence-electron chi connectivity index (χ2n) is 11.5. The lowest BCUT2D eigenvalue weighted by Gasteiger charge is -2.25. The minimum absolute atomic E-state index is 0.0580. The summed E-state index contributed by atoms with van der Waals surface area (Å²) in [6.07, 6.45) is 2.81. The van der Waals surface area contributed by atoms with Crippen molar-refractivity contribution in [2.24, 2.45) is 0 Å². The Hall–Kier alpha value is -3.55. The van der Waals surface area contributed by atoms with Gasteiger partial charge in [0.1, 0.15) is 5.94 Å². The number of carbonyl (C=O) groups excluding carboxylic acids is 2. The third-order valence-electron chi connectivity index (χ3n) is 6.64. The molecule has 1 unspecified atom stereocenters. The number of nitrogens with zero attached hydrogens (tertiary/aromatic N) is 2. The number of hydrogen-bond donors (Lipinski definition) is 1. The monoisotopic (exact) mass is 643 g/mol. The van der Waals surface area contributed by atoms with Crippen molar-refractivity contribution in [2.45, 2.75) is 62.7 Å². The zero-order valence-corrected chi connectivity index (χ0v) is 27.6. The number of nitrogens with one attached hydrogen (secondary N) is 1. The van der Waals surface area contributed by atoms with Crippen LogP contribution in [0.25, 0.3) is 0 Å². The van der Waals surface area contributed by atoms with Gasteiger partial charge < -0.3 is 13.7 Å². The molecule has 2 aromatic carbocycles. The Balaban J connectivity index is 1.61. The molecule has 0 aliphatic carbocycles.